The molecule has 2 atom stereocenters. The molecule has 1 aromatic heterocycles. The highest BCUT2D eigenvalue weighted by atomic mass is 31.2. The Hall–Kier alpha value is -3.97. The maximum atomic E-state index is 13.6. The standard InChI is InChI=1S/C26H26BN4O6P/c1-18-25(32)24(16-29-14-13-20-9-11-22(28-3)12-10-20)21(15-30-18)17-35-38(34,31-19(2)26(33)36-27)37-23-7-5-4-6-8-23/h4-12,15-16,19,32H,13-14,17H2,1-2H3,(H,31,34)/t19-,38?/m0/s1. The van der Waals surface area contributed by atoms with E-state index < -0.39 is 19.8 Å². The van der Waals surface area contributed by atoms with Gasteiger partial charge in [-0.25, -0.2) is 9.41 Å². The summed E-state index contributed by atoms with van der Waals surface area (Å²) < 4.78 is 29.0. The summed E-state index contributed by atoms with van der Waals surface area (Å²) in [4.78, 5) is 23.8. The molecule has 194 valence electrons. The molecule has 2 N–H and O–H groups in total. The van der Waals surface area contributed by atoms with Crippen molar-refractivity contribution in [1.29, 1.82) is 0 Å². The fourth-order valence-electron chi connectivity index (χ4n) is 3.25. The van der Waals surface area contributed by atoms with Crippen molar-refractivity contribution in [2.75, 3.05) is 6.54 Å². The lowest BCUT2D eigenvalue weighted by Gasteiger charge is -2.23. The molecule has 0 saturated carbocycles. The maximum Gasteiger partial charge on any atom is 0.459 e. The van der Waals surface area contributed by atoms with Gasteiger partial charge in [0.15, 0.2) is 5.69 Å². The van der Waals surface area contributed by atoms with Crippen LogP contribution >= 0.6 is 7.75 Å². The smallest absolute Gasteiger partial charge is 0.459 e. The van der Waals surface area contributed by atoms with Crippen molar-refractivity contribution in [2.24, 2.45) is 4.99 Å². The number of nitrogens with one attached hydrogen (secondary N) is 1. The number of hydrogen-bond acceptors (Lipinski definition) is 8. The van der Waals surface area contributed by atoms with Crippen LogP contribution in [0.25, 0.3) is 4.85 Å². The molecule has 0 fully saturated rings. The quantitative estimate of drug-likeness (QED) is 0.150. The maximum absolute atomic E-state index is 13.6. The van der Waals surface area contributed by atoms with E-state index in [0.29, 0.717) is 35.5 Å². The Morgan fingerprint density at radius 2 is 1.97 bits per heavy atom. The third-order valence-electron chi connectivity index (χ3n) is 5.35. The van der Waals surface area contributed by atoms with E-state index in [4.69, 9.17) is 23.7 Å². The van der Waals surface area contributed by atoms with Gasteiger partial charge >= 0.3 is 21.8 Å². The average molecular weight is 532 g/mol. The van der Waals surface area contributed by atoms with E-state index in [1.54, 1.807) is 49.4 Å². The van der Waals surface area contributed by atoms with E-state index in [0.717, 1.165) is 5.56 Å². The summed E-state index contributed by atoms with van der Waals surface area (Å²) in [5.41, 5.74) is 2.71. The number of hydrogen-bond donors (Lipinski definition) is 2. The van der Waals surface area contributed by atoms with Crippen molar-refractivity contribution in [3.05, 3.63) is 94.6 Å². The Kier molecular flexibility index (Phi) is 10.2. The van der Waals surface area contributed by atoms with Crippen LogP contribution in [0.5, 0.6) is 11.5 Å². The summed E-state index contributed by atoms with van der Waals surface area (Å²) in [7, 11) is 0.808. The lowest BCUT2D eigenvalue weighted by molar-refractivity contribution is -0.135. The monoisotopic (exact) mass is 532 g/mol. The van der Waals surface area contributed by atoms with Crippen molar-refractivity contribution in [1.82, 2.24) is 10.1 Å². The molecular weight excluding hydrogens is 506 g/mol. The van der Waals surface area contributed by atoms with E-state index in [1.807, 2.05) is 12.1 Å². The first-order valence-electron chi connectivity index (χ1n) is 11.6. The molecule has 38 heavy (non-hydrogen) atoms. The van der Waals surface area contributed by atoms with Crippen LogP contribution in [0.15, 0.2) is 65.8 Å². The van der Waals surface area contributed by atoms with Gasteiger partial charge in [0.05, 0.1) is 18.9 Å². The minimum atomic E-state index is -4.14. The number of rotatable bonds is 12. The molecule has 1 unspecified atom stereocenters. The van der Waals surface area contributed by atoms with Crippen LogP contribution in [-0.2, 0) is 31.6 Å². The van der Waals surface area contributed by atoms with Crippen LogP contribution in [0.2, 0.25) is 0 Å². The van der Waals surface area contributed by atoms with Crippen molar-refractivity contribution >= 4 is 33.7 Å². The van der Waals surface area contributed by atoms with Gasteiger partial charge in [-0.1, -0.05) is 42.5 Å². The minimum absolute atomic E-state index is 0.0943. The molecule has 1 heterocycles. The Balaban J connectivity index is 1.77. The van der Waals surface area contributed by atoms with Gasteiger partial charge in [0.25, 0.3) is 0 Å². The first-order chi connectivity index (χ1) is 18.2. The Morgan fingerprint density at radius 3 is 2.63 bits per heavy atom. The zero-order chi connectivity index (χ0) is 27.5. The zero-order valence-electron chi connectivity index (χ0n) is 20.9. The molecule has 0 spiro atoms. The van der Waals surface area contributed by atoms with Crippen LogP contribution in [0.1, 0.15) is 29.3 Å². The fourth-order valence-corrected chi connectivity index (χ4v) is 4.72. The lowest BCUT2D eigenvalue weighted by Crippen LogP contribution is -2.34. The van der Waals surface area contributed by atoms with Gasteiger partial charge in [-0.3, -0.25) is 19.3 Å². The van der Waals surface area contributed by atoms with Gasteiger partial charge in [0, 0.05) is 30.1 Å². The summed E-state index contributed by atoms with van der Waals surface area (Å²) >= 11 is 0. The Bertz CT molecular complexity index is 1360. The number of aliphatic imine (C=N–C) groups is 1. The molecule has 0 saturated heterocycles. The number of aromatic hydroxyl groups is 1. The SMILES string of the molecule is [B]OC(=O)[C@H](C)NP(=O)(OCc1cnc(C)c(O)c1C=NCCc1ccc([N+]#[C-])cc1)Oc1ccccc1. The zero-order valence-corrected chi connectivity index (χ0v) is 21.8. The average Bonchev–Trinajstić information content (AvgIpc) is 2.93. The number of pyridine rings is 1. The summed E-state index contributed by atoms with van der Waals surface area (Å²) in [6.07, 6.45) is 3.61. The lowest BCUT2D eigenvalue weighted by atomic mass is 10.1. The topological polar surface area (TPSA) is 124 Å². The summed E-state index contributed by atoms with van der Waals surface area (Å²) in [5, 5.41) is 13.1. The highest BCUT2D eigenvalue weighted by Gasteiger charge is 2.32. The number of aryl methyl sites for hydroxylation is 1. The van der Waals surface area contributed by atoms with E-state index >= 15 is 0 Å². The third kappa shape index (κ3) is 8.02. The van der Waals surface area contributed by atoms with Crippen molar-refractivity contribution in [2.45, 2.75) is 32.9 Å². The fraction of sp³-hybridized carbons (Fsp3) is 0.231. The molecule has 12 heteroatoms. The molecular formula is C26H26BN4O6P. The van der Waals surface area contributed by atoms with Gasteiger partial charge in [0.1, 0.15) is 17.5 Å². The van der Waals surface area contributed by atoms with Crippen LogP contribution in [0.3, 0.4) is 0 Å². The summed E-state index contributed by atoms with van der Waals surface area (Å²) in [6, 6.07) is 14.4. The Labute approximate surface area is 222 Å². The normalized spacial score (nSPS) is 13.4. The molecule has 0 aliphatic carbocycles. The van der Waals surface area contributed by atoms with Crippen LogP contribution < -0.4 is 9.61 Å². The molecule has 0 amide bonds. The molecule has 0 bridgehead atoms. The number of aromatic nitrogens is 1. The van der Waals surface area contributed by atoms with Crippen molar-refractivity contribution in [3.63, 3.8) is 0 Å². The summed E-state index contributed by atoms with van der Waals surface area (Å²) in [6.45, 7) is 10.2. The summed E-state index contributed by atoms with van der Waals surface area (Å²) in [5.74, 6) is -0.715. The molecule has 2 radical (unpaired) electrons. The number of carbonyl (C=O) groups excluding carboxylic acids is 1. The van der Waals surface area contributed by atoms with Crippen molar-refractivity contribution in [3.8, 4) is 11.5 Å². The van der Waals surface area contributed by atoms with E-state index in [1.165, 1.54) is 19.3 Å². The predicted octanol–water partition coefficient (Wildman–Crippen LogP) is 4.62. The highest BCUT2D eigenvalue weighted by Crippen LogP contribution is 2.46. The van der Waals surface area contributed by atoms with Gasteiger partial charge < -0.3 is 14.3 Å². The Morgan fingerprint density at radius 1 is 1.26 bits per heavy atom. The third-order valence-corrected chi connectivity index (χ3v) is 6.98. The van der Waals surface area contributed by atoms with Crippen LogP contribution in [-0.4, -0.2) is 42.9 Å². The first-order valence-corrected chi connectivity index (χ1v) is 13.1. The van der Waals surface area contributed by atoms with Gasteiger partial charge in [-0.2, -0.15) is 5.09 Å². The van der Waals surface area contributed by atoms with Crippen molar-refractivity contribution < 1.29 is 28.2 Å². The number of carbonyl (C=O) groups is 1. The van der Waals surface area contributed by atoms with Gasteiger partial charge in [-0.15, -0.1) is 0 Å². The second kappa shape index (κ2) is 13.5. The van der Waals surface area contributed by atoms with Crippen LogP contribution in [0, 0.1) is 13.5 Å². The first kappa shape index (κ1) is 28.6. The minimum Gasteiger partial charge on any atom is -0.542 e. The highest BCUT2D eigenvalue weighted by molar-refractivity contribution is 7.52. The molecule has 0 aliphatic heterocycles. The number of benzene rings is 2. The van der Waals surface area contributed by atoms with E-state index in [2.05, 4.69) is 24.6 Å². The largest absolute Gasteiger partial charge is 0.542 e. The predicted molar refractivity (Wildman–Crippen MR) is 143 cm³/mol. The molecule has 10 nitrogen and oxygen atoms in total. The number of para-hydroxylation sites is 1. The molecule has 3 rings (SSSR count). The number of nitrogens with zero attached hydrogens (tertiary/aromatic N) is 3. The van der Waals surface area contributed by atoms with E-state index in [-0.39, 0.29) is 18.1 Å². The molecule has 0 aliphatic rings. The molecule has 2 aromatic carbocycles. The van der Waals surface area contributed by atoms with Crippen LogP contribution in [0.4, 0.5) is 5.69 Å². The second-order valence-corrected chi connectivity index (χ2v) is 9.85. The molecule has 3 aromatic rings. The van der Waals surface area contributed by atoms with Gasteiger partial charge in [0.2, 0.25) is 0 Å². The van der Waals surface area contributed by atoms with E-state index in [9.17, 15) is 14.5 Å². The second-order valence-electron chi connectivity index (χ2n) is 8.16. The van der Waals surface area contributed by atoms with Gasteiger partial charge in [-0.05, 0) is 38.0 Å².